The fourth-order valence-corrected chi connectivity index (χ4v) is 3.32. The van der Waals surface area contributed by atoms with E-state index in [1.165, 1.54) is 0 Å². The Morgan fingerprint density at radius 1 is 0.700 bits per heavy atom. The van der Waals surface area contributed by atoms with E-state index in [0.29, 0.717) is 18.9 Å². The predicted octanol–water partition coefficient (Wildman–Crippen LogP) is 4.65. The molecule has 1 aromatic heterocycles. The van der Waals surface area contributed by atoms with E-state index in [1.807, 2.05) is 72.8 Å². The highest BCUT2D eigenvalue weighted by molar-refractivity contribution is 5.80. The minimum absolute atomic E-state index is 0.0503. The second-order valence-electron chi connectivity index (χ2n) is 6.96. The van der Waals surface area contributed by atoms with Crippen molar-refractivity contribution in [3.05, 3.63) is 100 Å². The molecule has 0 radical (unpaired) electrons. The number of hydrogen-bond acceptors (Lipinski definition) is 4. The van der Waals surface area contributed by atoms with Crippen molar-refractivity contribution in [3.8, 4) is 17.2 Å². The van der Waals surface area contributed by atoms with Crippen molar-refractivity contribution in [1.82, 2.24) is 4.57 Å². The van der Waals surface area contributed by atoms with Gasteiger partial charge in [0, 0.05) is 12.1 Å². The fraction of sp³-hybridized carbons (Fsp3) is 0.160. The van der Waals surface area contributed by atoms with Gasteiger partial charge in [0.05, 0.1) is 26.3 Å². The second-order valence-corrected chi connectivity index (χ2v) is 6.96. The van der Waals surface area contributed by atoms with Crippen LogP contribution >= 0.6 is 0 Å². The first-order valence-electron chi connectivity index (χ1n) is 9.68. The minimum atomic E-state index is -0.0503. The quantitative estimate of drug-likeness (QED) is 0.452. The third-order valence-corrected chi connectivity index (χ3v) is 5.03. The highest BCUT2D eigenvalue weighted by Gasteiger charge is 2.07. The molecule has 1 heterocycles. The average Bonchev–Trinajstić information content (AvgIpc) is 2.80. The maximum atomic E-state index is 12.6. The van der Waals surface area contributed by atoms with Crippen molar-refractivity contribution in [2.45, 2.75) is 13.2 Å². The molecule has 0 aliphatic carbocycles. The summed E-state index contributed by atoms with van der Waals surface area (Å²) in [6.07, 6.45) is 0. The van der Waals surface area contributed by atoms with Gasteiger partial charge >= 0.3 is 0 Å². The van der Waals surface area contributed by atoms with E-state index < -0.39 is 0 Å². The topological polar surface area (TPSA) is 49.7 Å². The van der Waals surface area contributed by atoms with E-state index in [0.717, 1.165) is 33.5 Å². The molecule has 30 heavy (non-hydrogen) atoms. The first-order chi connectivity index (χ1) is 14.7. The Balaban J connectivity index is 1.60. The van der Waals surface area contributed by atoms with Gasteiger partial charge < -0.3 is 18.8 Å². The molecule has 0 bridgehead atoms. The molecule has 0 aliphatic heterocycles. The van der Waals surface area contributed by atoms with Gasteiger partial charge in [0.1, 0.15) is 23.9 Å². The largest absolute Gasteiger partial charge is 0.497 e. The molecule has 4 rings (SSSR count). The molecule has 0 N–H and O–H groups in total. The molecule has 0 amide bonds. The van der Waals surface area contributed by atoms with Crippen LogP contribution in [0.15, 0.2) is 83.7 Å². The summed E-state index contributed by atoms with van der Waals surface area (Å²) >= 11 is 0. The van der Waals surface area contributed by atoms with Gasteiger partial charge in [-0.15, -0.1) is 0 Å². The number of ether oxygens (including phenoxy) is 3. The third-order valence-electron chi connectivity index (χ3n) is 5.03. The van der Waals surface area contributed by atoms with Crippen molar-refractivity contribution >= 4 is 10.9 Å². The van der Waals surface area contributed by atoms with E-state index in [9.17, 15) is 4.79 Å². The first kappa shape index (κ1) is 19.6. The van der Waals surface area contributed by atoms with E-state index in [4.69, 9.17) is 14.2 Å². The van der Waals surface area contributed by atoms with Crippen LogP contribution in [-0.4, -0.2) is 18.8 Å². The van der Waals surface area contributed by atoms with E-state index in [2.05, 4.69) is 0 Å². The Morgan fingerprint density at radius 3 is 1.90 bits per heavy atom. The van der Waals surface area contributed by atoms with Gasteiger partial charge in [0.15, 0.2) is 0 Å². The lowest BCUT2D eigenvalue weighted by Gasteiger charge is -2.13. The molecule has 5 heteroatoms. The Labute approximate surface area is 175 Å². The SMILES string of the molecule is COc1ccc(COc2ccc3ccc(=O)n(Cc4ccc(OC)cc4)c3c2)cc1. The molecule has 0 saturated carbocycles. The maximum Gasteiger partial charge on any atom is 0.251 e. The summed E-state index contributed by atoms with van der Waals surface area (Å²) in [5.41, 5.74) is 2.85. The lowest BCUT2D eigenvalue weighted by Crippen LogP contribution is -2.20. The predicted molar refractivity (Wildman–Crippen MR) is 118 cm³/mol. The molecule has 0 atom stereocenters. The summed E-state index contributed by atoms with van der Waals surface area (Å²) in [5.74, 6) is 2.32. The van der Waals surface area contributed by atoms with E-state index >= 15 is 0 Å². The molecule has 3 aromatic carbocycles. The van der Waals surface area contributed by atoms with Crippen LogP contribution < -0.4 is 19.8 Å². The van der Waals surface area contributed by atoms with Crippen LogP contribution in [0, 0.1) is 0 Å². The molecular formula is C25H23NO4. The van der Waals surface area contributed by atoms with Crippen molar-refractivity contribution in [2.24, 2.45) is 0 Å². The number of nitrogens with zero attached hydrogens (tertiary/aromatic N) is 1. The lowest BCUT2D eigenvalue weighted by atomic mass is 10.1. The van der Waals surface area contributed by atoms with Crippen LogP contribution in [0.5, 0.6) is 17.2 Å². The summed E-state index contributed by atoms with van der Waals surface area (Å²) in [6.45, 7) is 0.910. The van der Waals surface area contributed by atoms with Crippen LogP contribution in [0.4, 0.5) is 0 Å². The normalized spacial score (nSPS) is 10.7. The zero-order chi connectivity index (χ0) is 20.9. The molecule has 0 aliphatic rings. The van der Waals surface area contributed by atoms with Gasteiger partial charge in [-0.2, -0.15) is 0 Å². The Hall–Kier alpha value is -3.73. The van der Waals surface area contributed by atoms with Crippen molar-refractivity contribution in [2.75, 3.05) is 14.2 Å². The maximum absolute atomic E-state index is 12.6. The lowest BCUT2D eigenvalue weighted by molar-refractivity contribution is 0.306. The number of hydrogen-bond donors (Lipinski definition) is 0. The Kier molecular flexibility index (Phi) is 5.70. The molecule has 0 spiro atoms. The standard InChI is InChI=1S/C25H23NO4/c1-28-21-9-3-18(4-10-21)16-26-24-15-23(13-7-20(24)8-14-25(26)27)30-17-19-5-11-22(29-2)12-6-19/h3-15H,16-17H2,1-2H3. The molecule has 0 saturated heterocycles. The van der Waals surface area contributed by atoms with Crippen molar-refractivity contribution in [1.29, 1.82) is 0 Å². The fourth-order valence-electron chi connectivity index (χ4n) is 3.32. The van der Waals surface area contributed by atoms with Crippen LogP contribution in [0.3, 0.4) is 0 Å². The van der Waals surface area contributed by atoms with E-state index in [-0.39, 0.29) is 5.56 Å². The zero-order valence-electron chi connectivity index (χ0n) is 17.0. The van der Waals surface area contributed by atoms with E-state index in [1.54, 1.807) is 24.9 Å². The monoisotopic (exact) mass is 401 g/mol. The Bertz CT molecular complexity index is 1190. The minimum Gasteiger partial charge on any atom is -0.497 e. The number of methoxy groups -OCH3 is 2. The van der Waals surface area contributed by atoms with Crippen molar-refractivity contribution < 1.29 is 14.2 Å². The van der Waals surface area contributed by atoms with Crippen LogP contribution in [-0.2, 0) is 13.2 Å². The number of fused-ring (bicyclic) bond motifs is 1. The smallest absolute Gasteiger partial charge is 0.251 e. The van der Waals surface area contributed by atoms with Crippen molar-refractivity contribution in [3.63, 3.8) is 0 Å². The first-order valence-corrected chi connectivity index (χ1v) is 9.68. The molecule has 5 nitrogen and oxygen atoms in total. The highest BCUT2D eigenvalue weighted by atomic mass is 16.5. The summed E-state index contributed by atoms with van der Waals surface area (Å²) in [5, 5.41) is 0.986. The molecular weight excluding hydrogens is 378 g/mol. The zero-order valence-corrected chi connectivity index (χ0v) is 17.0. The average molecular weight is 401 g/mol. The second kappa shape index (κ2) is 8.74. The molecule has 0 fully saturated rings. The summed E-state index contributed by atoms with van der Waals surface area (Å²) in [6, 6.07) is 24.8. The van der Waals surface area contributed by atoms with Gasteiger partial charge in [0.25, 0.3) is 5.56 Å². The number of aromatic nitrogens is 1. The van der Waals surface area contributed by atoms with Crippen LogP contribution in [0.1, 0.15) is 11.1 Å². The van der Waals surface area contributed by atoms with Gasteiger partial charge in [0.2, 0.25) is 0 Å². The van der Waals surface area contributed by atoms with Crippen LogP contribution in [0.25, 0.3) is 10.9 Å². The third kappa shape index (κ3) is 4.30. The number of rotatable bonds is 7. The molecule has 0 unspecified atom stereocenters. The number of pyridine rings is 1. The van der Waals surface area contributed by atoms with Crippen LogP contribution in [0.2, 0.25) is 0 Å². The van der Waals surface area contributed by atoms with Gasteiger partial charge in [-0.1, -0.05) is 24.3 Å². The molecule has 4 aromatic rings. The molecule has 152 valence electrons. The van der Waals surface area contributed by atoms with Gasteiger partial charge in [-0.3, -0.25) is 4.79 Å². The summed E-state index contributed by atoms with van der Waals surface area (Å²) in [4.78, 5) is 12.6. The van der Waals surface area contributed by atoms with Gasteiger partial charge in [-0.25, -0.2) is 0 Å². The highest BCUT2D eigenvalue weighted by Crippen LogP contribution is 2.22. The van der Waals surface area contributed by atoms with Gasteiger partial charge in [-0.05, 0) is 59.0 Å². The number of benzene rings is 3. The summed E-state index contributed by atoms with van der Waals surface area (Å²) in [7, 11) is 3.28. The summed E-state index contributed by atoms with van der Waals surface area (Å²) < 4.78 is 18.1. The Morgan fingerprint density at radius 2 is 1.27 bits per heavy atom.